The third kappa shape index (κ3) is 4.71. The molecule has 18 heavy (non-hydrogen) atoms. The largest absolute Gasteiger partial charge is 0.370 e. The summed E-state index contributed by atoms with van der Waals surface area (Å²) >= 11 is 2.01. The Labute approximate surface area is 116 Å². The summed E-state index contributed by atoms with van der Waals surface area (Å²) in [6.07, 6.45) is 9.81. The molecule has 0 aromatic carbocycles. The maximum Gasteiger partial charge on any atom is 0.191 e. The first-order valence-electron chi connectivity index (χ1n) is 7.49. The van der Waals surface area contributed by atoms with Gasteiger partial charge in [0.1, 0.15) is 0 Å². The van der Waals surface area contributed by atoms with Gasteiger partial charge < -0.3 is 10.6 Å². The van der Waals surface area contributed by atoms with E-state index >= 15 is 0 Å². The molecule has 3 nitrogen and oxygen atoms in total. The van der Waals surface area contributed by atoms with Crippen LogP contribution >= 0.6 is 11.8 Å². The average Bonchev–Trinajstić information content (AvgIpc) is 2.92. The lowest BCUT2D eigenvalue weighted by atomic mass is 10.0. The van der Waals surface area contributed by atoms with Crippen molar-refractivity contribution >= 4 is 17.7 Å². The van der Waals surface area contributed by atoms with Crippen LogP contribution in [0.2, 0.25) is 0 Å². The van der Waals surface area contributed by atoms with Crippen LogP contribution in [-0.2, 0) is 0 Å². The number of nitrogens with zero attached hydrogens (tertiary/aromatic N) is 2. The topological polar surface area (TPSA) is 41.6 Å². The molecule has 0 spiro atoms. The molecule has 0 aromatic rings. The van der Waals surface area contributed by atoms with Crippen molar-refractivity contribution in [1.29, 1.82) is 0 Å². The van der Waals surface area contributed by atoms with Gasteiger partial charge in [-0.3, -0.25) is 4.99 Å². The molecule has 1 saturated carbocycles. The quantitative estimate of drug-likeness (QED) is 0.474. The molecular formula is C14H27N3S. The lowest BCUT2D eigenvalue weighted by Crippen LogP contribution is -2.42. The molecule has 0 atom stereocenters. The Morgan fingerprint density at radius 3 is 2.61 bits per heavy atom. The molecular weight excluding hydrogens is 242 g/mol. The molecule has 4 heteroatoms. The third-order valence-electron chi connectivity index (χ3n) is 4.10. The molecule has 1 aliphatic carbocycles. The molecule has 0 amide bonds. The second-order valence-corrected chi connectivity index (χ2v) is 6.71. The monoisotopic (exact) mass is 269 g/mol. The molecule has 0 aromatic heterocycles. The van der Waals surface area contributed by atoms with E-state index in [0.29, 0.717) is 0 Å². The third-order valence-corrected chi connectivity index (χ3v) is 5.05. The van der Waals surface area contributed by atoms with Crippen LogP contribution in [0.5, 0.6) is 0 Å². The van der Waals surface area contributed by atoms with Gasteiger partial charge in [0, 0.05) is 31.1 Å². The van der Waals surface area contributed by atoms with Crippen molar-refractivity contribution in [2.24, 2.45) is 16.6 Å². The number of rotatable bonds is 5. The summed E-state index contributed by atoms with van der Waals surface area (Å²) in [5.74, 6) is 4.18. The number of nitrogens with two attached hydrogens (primary N) is 1. The zero-order valence-electron chi connectivity index (χ0n) is 11.4. The van der Waals surface area contributed by atoms with Gasteiger partial charge in [-0.15, -0.1) is 0 Å². The molecule has 2 rings (SSSR count). The van der Waals surface area contributed by atoms with E-state index in [9.17, 15) is 0 Å². The summed E-state index contributed by atoms with van der Waals surface area (Å²) in [6, 6.07) is 0. The molecule has 2 N–H and O–H groups in total. The number of unbranched alkanes of at least 4 members (excludes halogenated alkanes) is 1. The van der Waals surface area contributed by atoms with Crippen LogP contribution in [0.1, 0.15) is 44.9 Å². The first-order valence-corrected chi connectivity index (χ1v) is 8.64. The number of hydrogen-bond acceptors (Lipinski definition) is 2. The van der Waals surface area contributed by atoms with E-state index < -0.39 is 0 Å². The van der Waals surface area contributed by atoms with E-state index in [1.807, 2.05) is 11.8 Å². The Morgan fingerprint density at radius 2 is 1.89 bits per heavy atom. The van der Waals surface area contributed by atoms with Crippen LogP contribution in [0.15, 0.2) is 4.99 Å². The zero-order chi connectivity index (χ0) is 12.6. The fraction of sp³-hybridized carbons (Fsp3) is 0.929. The molecule has 0 unspecified atom stereocenters. The van der Waals surface area contributed by atoms with Crippen LogP contribution in [0.25, 0.3) is 0 Å². The van der Waals surface area contributed by atoms with Crippen molar-refractivity contribution in [2.45, 2.75) is 44.9 Å². The van der Waals surface area contributed by atoms with E-state index in [1.165, 1.54) is 56.5 Å². The highest BCUT2D eigenvalue weighted by atomic mass is 32.2. The van der Waals surface area contributed by atoms with Crippen LogP contribution in [0.3, 0.4) is 0 Å². The number of hydrogen-bond donors (Lipinski definition) is 1. The fourth-order valence-corrected chi connectivity index (χ4v) is 3.83. The molecule has 2 aliphatic rings. The lowest BCUT2D eigenvalue weighted by Gasteiger charge is -2.27. The van der Waals surface area contributed by atoms with Crippen molar-refractivity contribution in [1.82, 2.24) is 4.90 Å². The summed E-state index contributed by atoms with van der Waals surface area (Å²) in [5.41, 5.74) is 6.02. The van der Waals surface area contributed by atoms with E-state index in [1.54, 1.807) is 0 Å². The van der Waals surface area contributed by atoms with Crippen molar-refractivity contribution in [3.63, 3.8) is 0 Å². The minimum absolute atomic E-state index is 0.774. The minimum atomic E-state index is 0.774. The Hall–Kier alpha value is -0.380. The highest BCUT2D eigenvalue weighted by molar-refractivity contribution is 7.99. The number of guanidine groups is 1. The van der Waals surface area contributed by atoms with Crippen molar-refractivity contribution < 1.29 is 0 Å². The molecule has 2 fully saturated rings. The summed E-state index contributed by atoms with van der Waals surface area (Å²) in [5, 5.41) is 0. The Balaban J connectivity index is 1.55. The fourth-order valence-electron chi connectivity index (χ4n) is 2.93. The van der Waals surface area contributed by atoms with E-state index in [4.69, 9.17) is 5.73 Å². The summed E-state index contributed by atoms with van der Waals surface area (Å²) < 4.78 is 0. The number of thioether (sulfide) groups is 1. The summed E-state index contributed by atoms with van der Waals surface area (Å²) in [7, 11) is 0. The van der Waals surface area contributed by atoms with Gasteiger partial charge in [0.05, 0.1) is 0 Å². The standard InChI is InChI=1S/C14H27N3S/c15-14(17-9-11-18-12-10-17)16-8-4-3-7-13-5-1-2-6-13/h13H,1-12H2,(H2,15,16). The molecule has 104 valence electrons. The zero-order valence-corrected chi connectivity index (χ0v) is 12.3. The maximum absolute atomic E-state index is 6.02. The maximum atomic E-state index is 6.02. The predicted molar refractivity (Wildman–Crippen MR) is 81.2 cm³/mol. The van der Waals surface area contributed by atoms with Crippen molar-refractivity contribution in [3.05, 3.63) is 0 Å². The SMILES string of the molecule is NC(=NCCCCC1CCCC1)N1CCSCC1. The Kier molecular flexibility index (Phi) is 6.18. The second kappa shape index (κ2) is 7.93. The second-order valence-electron chi connectivity index (χ2n) is 5.49. The van der Waals surface area contributed by atoms with Gasteiger partial charge in [0.25, 0.3) is 0 Å². The normalized spacial score (nSPS) is 22.7. The van der Waals surface area contributed by atoms with Crippen LogP contribution in [0.4, 0.5) is 0 Å². The predicted octanol–water partition coefficient (Wildman–Crippen LogP) is 2.71. The van der Waals surface area contributed by atoms with Crippen molar-refractivity contribution in [3.8, 4) is 0 Å². The Bertz CT molecular complexity index is 256. The van der Waals surface area contributed by atoms with Gasteiger partial charge >= 0.3 is 0 Å². The van der Waals surface area contributed by atoms with E-state index in [-0.39, 0.29) is 0 Å². The highest BCUT2D eigenvalue weighted by Crippen LogP contribution is 2.28. The van der Waals surface area contributed by atoms with Crippen molar-refractivity contribution in [2.75, 3.05) is 31.1 Å². The average molecular weight is 269 g/mol. The van der Waals surface area contributed by atoms with Crippen LogP contribution < -0.4 is 5.73 Å². The molecule has 1 heterocycles. The number of aliphatic imine (C=N–C) groups is 1. The highest BCUT2D eigenvalue weighted by Gasteiger charge is 2.14. The van der Waals surface area contributed by atoms with Gasteiger partial charge in [0.2, 0.25) is 0 Å². The minimum Gasteiger partial charge on any atom is -0.370 e. The molecule has 0 bridgehead atoms. The first kappa shape index (κ1) is 14.0. The van der Waals surface area contributed by atoms with E-state index in [0.717, 1.165) is 31.5 Å². The van der Waals surface area contributed by atoms with Gasteiger partial charge in [-0.25, -0.2) is 0 Å². The molecule has 1 aliphatic heterocycles. The molecule has 1 saturated heterocycles. The molecule has 0 radical (unpaired) electrons. The smallest absolute Gasteiger partial charge is 0.191 e. The lowest BCUT2D eigenvalue weighted by molar-refractivity contribution is 0.452. The first-order chi connectivity index (χ1) is 8.86. The summed E-state index contributed by atoms with van der Waals surface area (Å²) in [6.45, 7) is 3.06. The van der Waals surface area contributed by atoms with Gasteiger partial charge in [-0.2, -0.15) is 11.8 Å². The van der Waals surface area contributed by atoms with E-state index in [2.05, 4.69) is 9.89 Å². The van der Waals surface area contributed by atoms with Gasteiger partial charge in [0.15, 0.2) is 5.96 Å². The van der Waals surface area contributed by atoms with Crippen LogP contribution in [-0.4, -0.2) is 42.0 Å². The van der Waals surface area contributed by atoms with Crippen LogP contribution in [0, 0.1) is 5.92 Å². The van der Waals surface area contributed by atoms with Gasteiger partial charge in [-0.05, 0) is 12.3 Å². The van der Waals surface area contributed by atoms with Gasteiger partial charge in [-0.1, -0.05) is 38.5 Å². The summed E-state index contributed by atoms with van der Waals surface area (Å²) in [4.78, 5) is 6.75. The Morgan fingerprint density at radius 1 is 1.17 bits per heavy atom.